The molecule has 2 atom stereocenters. The molecule has 0 bridgehead atoms. The molecule has 1 N–H and O–H groups in total. The normalized spacial score (nSPS) is 19.9. The van der Waals surface area contributed by atoms with Crippen LogP contribution in [0, 0.1) is 11.6 Å². The Morgan fingerprint density at radius 2 is 1.96 bits per heavy atom. The topological polar surface area (TPSA) is 49.8 Å². The Kier molecular flexibility index (Phi) is 5.28. The largest absolute Gasteiger partial charge is 0.493 e. The molecule has 6 heteroatoms. The van der Waals surface area contributed by atoms with Crippen LogP contribution in [0.15, 0.2) is 48.5 Å². The highest BCUT2D eigenvalue weighted by atomic mass is 19.1. The van der Waals surface area contributed by atoms with Gasteiger partial charge >= 0.3 is 0 Å². The quantitative estimate of drug-likeness (QED) is 0.904. The van der Waals surface area contributed by atoms with Gasteiger partial charge in [-0.25, -0.2) is 8.78 Å². The van der Waals surface area contributed by atoms with Gasteiger partial charge in [0.1, 0.15) is 17.4 Å². The zero-order valence-electron chi connectivity index (χ0n) is 13.6. The van der Waals surface area contributed by atoms with Crippen molar-refractivity contribution in [2.45, 2.75) is 25.0 Å². The van der Waals surface area contributed by atoms with E-state index in [9.17, 15) is 18.7 Å². The number of halogens is 2. The number of hydrogen-bond donors (Lipinski definition) is 1. The van der Waals surface area contributed by atoms with Crippen LogP contribution in [0.1, 0.15) is 24.4 Å². The number of rotatable bonds is 5. The summed E-state index contributed by atoms with van der Waals surface area (Å²) in [7, 11) is 0. The van der Waals surface area contributed by atoms with Crippen LogP contribution in [0.5, 0.6) is 5.75 Å². The number of para-hydroxylation sites is 1. The summed E-state index contributed by atoms with van der Waals surface area (Å²) < 4.78 is 33.0. The highest BCUT2D eigenvalue weighted by Crippen LogP contribution is 2.34. The lowest BCUT2D eigenvalue weighted by molar-refractivity contribution is -0.133. The van der Waals surface area contributed by atoms with E-state index in [-0.39, 0.29) is 37.5 Å². The number of hydrogen-bond acceptors (Lipinski definition) is 3. The van der Waals surface area contributed by atoms with Crippen molar-refractivity contribution < 1.29 is 23.4 Å². The van der Waals surface area contributed by atoms with Gasteiger partial charge in [0.15, 0.2) is 0 Å². The first kappa shape index (κ1) is 17.4. The number of likely N-dealkylation sites (tertiary alicyclic amines) is 1. The Hall–Kier alpha value is -2.47. The highest BCUT2D eigenvalue weighted by Gasteiger charge is 2.36. The number of carbonyl (C=O) groups is 1. The van der Waals surface area contributed by atoms with Crippen LogP contribution in [0.25, 0.3) is 0 Å². The molecule has 1 aliphatic heterocycles. The third kappa shape index (κ3) is 4.14. The molecule has 1 heterocycles. The van der Waals surface area contributed by atoms with E-state index in [0.29, 0.717) is 5.75 Å². The number of aliphatic hydroxyl groups is 1. The SMILES string of the molecule is O=C(CCOc1ccccc1)N1C[C@H](O)C[C@@H]1c1cc(F)ccc1F. The van der Waals surface area contributed by atoms with Gasteiger partial charge in [-0.2, -0.15) is 0 Å². The van der Waals surface area contributed by atoms with Gasteiger partial charge in [-0.05, 0) is 36.8 Å². The first-order valence-electron chi connectivity index (χ1n) is 8.15. The zero-order valence-corrected chi connectivity index (χ0v) is 13.6. The Bertz CT molecular complexity index is 739. The molecule has 0 radical (unpaired) electrons. The van der Waals surface area contributed by atoms with Gasteiger partial charge in [-0.1, -0.05) is 18.2 Å². The minimum atomic E-state index is -0.758. The molecule has 0 spiro atoms. The van der Waals surface area contributed by atoms with Gasteiger partial charge in [0.2, 0.25) is 5.91 Å². The zero-order chi connectivity index (χ0) is 17.8. The summed E-state index contributed by atoms with van der Waals surface area (Å²) in [5.74, 6) is -0.762. The molecular formula is C19H19F2NO3. The van der Waals surface area contributed by atoms with E-state index in [4.69, 9.17) is 4.74 Å². The number of ether oxygens (including phenoxy) is 1. The summed E-state index contributed by atoms with van der Waals surface area (Å²) in [6, 6.07) is 11.6. The predicted octanol–water partition coefficient (Wildman–Crippen LogP) is 3.07. The predicted molar refractivity (Wildman–Crippen MR) is 88.0 cm³/mol. The molecule has 0 unspecified atom stereocenters. The smallest absolute Gasteiger partial charge is 0.226 e. The van der Waals surface area contributed by atoms with Crippen molar-refractivity contribution in [2.75, 3.05) is 13.2 Å². The first-order chi connectivity index (χ1) is 12.0. The second-order valence-electron chi connectivity index (χ2n) is 6.03. The van der Waals surface area contributed by atoms with Gasteiger partial charge in [-0.15, -0.1) is 0 Å². The summed E-state index contributed by atoms with van der Waals surface area (Å²) in [6.07, 6.45) is -0.479. The van der Waals surface area contributed by atoms with E-state index in [0.717, 1.165) is 18.2 Å². The molecule has 0 saturated carbocycles. The van der Waals surface area contributed by atoms with Crippen molar-refractivity contribution in [3.05, 3.63) is 65.7 Å². The fourth-order valence-corrected chi connectivity index (χ4v) is 3.07. The molecule has 0 aromatic heterocycles. The van der Waals surface area contributed by atoms with E-state index in [1.54, 1.807) is 12.1 Å². The number of amides is 1. The van der Waals surface area contributed by atoms with Crippen LogP contribution in [-0.2, 0) is 4.79 Å². The highest BCUT2D eigenvalue weighted by molar-refractivity contribution is 5.77. The van der Waals surface area contributed by atoms with Gasteiger partial charge in [0, 0.05) is 12.1 Å². The molecule has 0 aliphatic carbocycles. The Labute approximate surface area is 144 Å². The van der Waals surface area contributed by atoms with E-state index in [1.807, 2.05) is 18.2 Å². The van der Waals surface area contributed by atoms with E-state index in [1.165, 1.54) is 4.90 Å². The third-order valence-electron chi connectivity index (χ3n) is 4.24. The summed E-state index contributed by atoms with van der Waals surface area (Å²) in [6.45, 7) is 0.276. The minimum absolute atomic E-state index is 0.0916. The lowest BCUT2D eigenvalue weighted by Gasteiger charge is -2.25. The summed E-state index contributed by atoms with van der Waals surface area (Å²) in [5, 5.41) is 9.90. The summed E-state index contributed by atoms with van der Waals surface area (Å²) in [4.78, 5) is 13.9. The molecule has 4 nitrogen and oxygen atoms in total. The second-order valence-corrected chi connectivity index (χ2v) is 6.03. The maximum Gasteiger partial charge on any atom is 0.226 e. The van der Waals surface area contributed by atoms with Crippen LogP contribution < -0.4 is 4.74 Å². The van der Waals surface area contributed by atoms with Crippen LogP contribution in [-0.4, -0.2) is 35.2 Å². The van der Waals surface area contributed by atoms with Gasteiger partial charge in [-0.3, -0.25) is 4.79 Å². The Balaban J connectivity index is 1.66. The first-order valence-corrected chi connectivity index (χ1v) is 8.15. The molecule has 1 amide bonds. The Morgan fingerprint density at radius 1 is 1.20 bits per heavy atom. The average Bonchev–Trinajstić information content (AvgIpc) is 2.99. The molecule has 1 aliphatic rings. The molecule has 2 aromatic carbocycles. The lowest BCUT2D eigenvalue weighted by Crippen LogP contribution is -2.33. The van der Waals surface area contributed by atoms with Gasteiger partial charge in [0.05, 0.1) is 25.2 Å². The minimum Gasteiger partial charge on any atom is -0.493 e. The molecule has 25 heavy (non-hydrogen) atoms. The average molecular weight is 347 g/mol. The van der Waals surface area contributed by atoms with Crippen molar-refractivity contribution in [3.8, 4) is 5.75 Å². The van der Waals surface area contributed by atoms with Crippen molar-refractivity contribution in [1.29, 1.82) is 0 Å². The van der Waals surface area contributed by atoms with Crippen LogP contribution >= 0.6 is 0 Å². The molecule has 1 saturated heterocycles. The number of carbonyl (C=O) groups excluding carboxylic acids is 1. The molecule has 132 valence electrons. The number of β-amino-alcohol motifs (C(OH)–C–C–N with tert-alkyl or cyclic N) is 1. The number of aliphatic hydroxyl groups excluding tert-OH is 1. The number of nitrogens with zero attached hydrogens (tertiary/aromatic N) is 1. The molecule has 3 rings (SSSR count). The van der Waals surface area contributed by atoms with Crippen molar-refractivity contribution in [3.63, 3.8) is 0 Å². The molecule has 1 fully saturated rings. The standard InChI is InChI=1S/C19H19F2NO3/c20-13-6-7-17(21)16(10-13)18-11-14(23)12-22(18)19(24)8-9-25-15-4-2-1-3-5-15/h1-7,10,14,18,23H,8-9,11-12H2/t14-,18-/m1/s1. The molecular weight excluding hydrogens is 328 g/mol. The van der Waals surface area contributed by atoms with E-state index in [2.05, 4.69) is 0 Å². The monoisotopic (exact) mass is 347 g/mol. The number of benzene rings is 2. The van der Waals surface area contributed by atoms with Crippen molar-refractivity contribution in [1.82, 2.24) is 4.90 Å². The van der Waals surface area contributed by atoms with Crippen LogP contribution in [0.3, 0.4) is 0 Å². The Morgan fingerprint density at radius 3 is 2.72 bits per heavy atom. The van der Waals surface area contributed by atoms with Crippen LogP contribution in [0.2, 0.25) is 0 Å². The van der Waals surface area contributed by atoms with Gasteiger partial charge in [0.25, 0.3) is 0 Å². The van der Waals surface area contributed by atoms with Crippen molar-refractivity contribution >= 4 is 5.91 Å². The van der Waals surface area contributed by atoms with E-state index >= 15 is 0 Å². The van der Waals surface area contributed by atoms with Crippen LogP contribution in [0.4, 0.5) is 8.78 Å². The fraction of sp³-hybridized carbons (Fsp3) is 0.316. The lowest BCUT2D eigenvalue weighted by atomic mass is 10.0. The fourth-order valence-electron chi connectivity index (χ4n) is 3.07. The van der Waals surface area contributed by atoms with Crippen molar-refractivity contribution in [2.24, 2.45) is 0 Å². The third-order valence-corrected chi connectivity index (χ3v) is 4.24. The molecule has 2 aromatic rings. The van der Waals surface area contributed by atoms with E-state index < -0.39 is 23.8 Å². The van der Waals surface area contributed by atoms with Gasteiger partial charge < -0.3 is 14.7 Å². The maximum absolute atomic E-state index is 14.0. The maximum atomic E-state index is 14.0. The second kappa shape index (κ2) is 7.61. The summed E-state index contributed by atoms with van der Waals surface area (Å²) in [5.41, 5.74) is 0.0916. The summed E-state index contributed by atoms with van der Waals surface area (Å²) >= 11 is 0.